The predicted octanol–water partition coefficient (Wildman–Crippen LogP) is 6.20. The minimum atomic E-state index is -0.555. The Morgan fingerprint density at radius 2 is 1.94 bits per heavy atom. The first-order valence-corrected chi connectivity index (χ1v) is 12.3. The molecule has 0 radical (unpaired) electrons. The molecule has 4 rings (SSSR count). The lowest BCUT2D eigenvalue weighted by Crippen LogP contribution is -2.27. The van der Waals surface area contributed by atoms with E-state index < -0.39 is 11.7 Å². The number of carbonyl (C=O) groups excluding carboxylic acids is 1. The van der Waals surface area contributed by atoms with E-state index in [4.69, 9.17) is 9.47 Å². The van der Waals surface area contributed by atoms with Crippen LogP contribution in [0.25, 0.3) is 11.0 Å². The van der Waals surface area contributed by atoms with Crippen LogP contribution in [0.1, 0.15) is 70.8 Å². The van der Waals surface area contributed by atoms with Crippen molar-refractivity contribution in [3.63, 3.8) is 0 Å². The fourth-order valence-corrected chi connectivity index (χ4v) is 4.52. The molecule has 1 amide bonds. The first kappa shape index (κ1) is 24.5. The summed E-state index contributed by atoms with van der Waals surface area (Å²) in [5, 5.41) is 12.9. The van der Waals surface area contributed by atoms with Crippen molar-refractivity contribution in [2.45, 2.75) is 78.0 Å². The molecular formula is C27H33N5O3. The SMILES string of the molecule is CC(C)(C)OC(=O)Nc1ccc(OCc2cc3cnc(C#N)nc3n2CCC2CCCCC2)cc1. The molecule has 1 aromatic carbocycles. The van der Waals surface area contributed by atoms with Gasteiger partial charge in [0.25, 0.3) is 0 Å². The lowest BCUT2D eigenvalue weighted by molar-refractivity contribution is 0.0636. The summed E-state index contributed by atoms with van der Waals surface area (Å²) in [6.07, 6.45) is 8.84. The van der Waals surface area contributed by atoms with E-state index in [1.807, 2.05) is 45.0 Å². The molecule has 2 heterocycles. The smallest absolute Gasteiger partial charge is 0.412 e. The summed E-state index contributed by atoms with van der Waals surface area (Å²) in [5.41, 5.74) is 1.85. The molecule has 184 valence electrons. The fraction of sp³-hybridized carbons (Fsp3) is 0.481. The first-order chi connectivity index (χ1) is 16.8. The summed E-state index contributed by atoms with van der Waals surface area (Å²) < 4.78 is 13.5. The number of anilines is 1. The maximum absolute atomic E-state index is 12.0. The van der Waals surface area contributed by atoms with Crippen molar-refractivity contribution in [2.24, 2.45) is 5.92 Å². The molecule has 0 aliphatic heterocycles. The van der Waals surface area contributed by atoms with Crippen molar-refractivity contribution in [1.29, 1.82) is 5.26 Å². The lowest BCUT2D eigenvalue weighted by Gasteiger charge is -2.22. The molecular weight excluding hydrogens is 442 g/mol. The molecule has 35 heavy (non-hydrogen) atoms. The second-order valence-corrected chi connectivity index (χ2v) is 10.1. The van der Waals surface area contributed by atoms with Crippen molar-refractivity contribution in [3.8, 4) is 11.8 Å². The van der Waals surface area contributed by atoms with E-state index in [1.165, 1.54) is 32.1 Å². The van der Waals surface area contributed by atoms with Crippen LogP contribution in [0.2, 0.25) is 0 Å². The van der Waals surface area contributed by atoms with Gasteiger partial charge in [0.1, 0.15) is 29.7 Å². The number of nitrogens with zero attached hydrogens (tertiary/aromatic N) is 4. The van der Waals surface area contributed by atoms with Crippen LogP contribution < -0.4 is 10.1 Å². The van der Waals surface area contributed by atoms with Gasteiger partial charge < -0.3 is 14.0 Å². The number of nitriles is 1. The zero-order valence-electron chi connectivity index (χ0n) is 20.7. The molecule has 1 N–H and O–H groups in total. The van der Waals surface area contributed by atoms with Crippen LogP contribution in [0.5, 0.6) is 5.75 Å². The van der Waals surface area contributed by atoms with Crippen LogP contribution >= 0.6 is 0 Å². The molecule has 8 nitrogen and oxygen atoms in total. The third-order valence-electron chi connectivity index (χ3n) is 6.19. The zero-order valence-corrected chi connectivity index (χ0v) is 20.7. The average molecular weight is 476 g/mol. The van der Waals surface area contributed by atoms with Gasteiger partial charge in [-0.3, -0.25) is 5.32 Å². The zero-order chi connectivity index (χ0) is 24.8. The number of ether oxygens (including phenoxy) is 2. The highest BCUT2D eigenvalue weighted by atomic mass is 16.6. The number of hydrogen-bond donors (Lipinski definition) is 1. The molecule has 1 saturated carbocycles. The number of amides is 1. The van der Waals surface area contributed by atoms with Gasteiger partial charge in [0, 0.05) is 23.8 Å². The summed E-state index contributed by atoms with van der Waals surface area (Å²) in [6.45, 7) is 6.68. The molecule has 1 fully saturated rings. The number of carbonyl (C=O) groups is 1. The maximum Gasteiger partial charge on any atom is 0.412 e. The average Bonchev–Trinajstić information content (AvgIpc) is 3.18. The Labute approximate surface area is 206 Å². The Balaban J connectivity index is 1.45. The highest BCUT2D eigenvalue weighted by molar-refractivity contribution is 5.84. The second-order valence-electron chi connectivity index (χ2n) is 10.1. The predicted molar refractivity (Wildman–Crippen MR) is 134 cm³/mol. The molecule has 0 atom stereocenters. The topological polar surface area (TPSA) is 102 Å². The highest BCUT2D eigenvalue weighted by Crippen LogP contribution is 2.28. The number of aryl methyl sites for hydroxylation is 1. The van der Waals surface area contributed by atoms with Gasteiger partial charge in [-0.15, -0.1) is 0 Å². The number of nitrogens with one attached hydrogen (secondary N) is 1. The first-order valence-electron chi connectivity index (χ1n) is 12.3. The number of hydrogen-bond acceptors (Lipinski definition) is 6. The molecule has 0 unspecified atom stereocenters. The Bertz CT molecular complexity index is 1200. The lowest BCUT2D eigenvalue weighted by atomic mass is 9.87. The van der Waals surface area contributed by atoms with E-state index in [1.54, 1.807) is 18.3 Å². The van der Waals surface area contributed by atoms with Gasteiger partial charge in [0.15, 0.2) is 0 Å². The number of benzene rings is 1. The molecule has 0 saturated heterocycles. The van der Waals surface area contributed by atoms with Crippen molar-refractivity contribution in [1.82, 2.24) is 14.5 Å². The van der Waals surface area contributed by atoms with E-state index in [2.05, 4.69) is 19.9 Å². The van der Waals surface area contributed by atoms with Gasteiger partial charge in [-0.25, -0.2) is 14.8 Å². The minimum absolute atomic E-state index is 0.176. The molecule has 0 spiro atoms. The largest absolute Gasteiger partial charge is 0.487 e. The molecule has 2 aromatic heterocycles. The highest BCUT2D eigenvalue weighted by Gasteiger charge is 2.18. The standard InChI is InChI=1S/C27H33N5O3/c1-27(2,3)35-26(33)30-21-9-11-23(12-10-21)34-18-22-15-20-17-29-24(16-28)31-25(20)32(22)14-13-19-7-5-4-6-8-19/h9-12,15,17,19H,4-8,13-14,18H2,1-3H3,(H,30,33). The maximum atomic E-state index is 12.0. The van der Waals surface area contributed by atoms with Crippen molar-refractivity contribution >= 4 is 22.8 Å². The third-order valence-corrected chi connectivity index (χ3v) is 6.19. The Kier molecular flexibility index (Phi) is 7.54. The summed E-state index contributed by atoms with van der Waals surface area (Å²) in [7, 11) is 0. The Morgan fingerprint density at radius 1 is 1.20 bits per heavy atom. The van der Waals surface area contributed by atoms with E-state index in [9.17, 15) is 10.1 Å². The van der Waals surface area contributed by atoms with Crippen molar-refractivity contribution in [3.05, 3.63) is 48.0 Å². The molecule has 3 aromatic rings. The summed E-state index contributed by atoms with van der Waals surface area (Å²) in [6, 6.07) is 11.3. The van der Waals surface area contributed by atoms with E-state index >= 15 is 0 Å². The molecule has 1 aliphatic carbocycles. The van der Waals surface area contributed by atoms with E-state index in [-0.39, 0.29) is 5.82 Å². The third kappa shape index (κ3) is 6.72. The van der Waals surface area contributed by atoms with Gasteiger partial charge in [0.2, 0.25) is 5.82 Å². The van der Waals surface area contributed by atoms with Crippen LogP contribution in [-0.4, -0.2) is 26.2 Å². The summed E-state index contributed by atoms with van der Waals surface area (Å²) in [5.74, 6) is 1.60. The minimum Gasteiger partial charge on any atom is -0.487 e. The normalized spacial score (nSPS) is 14.5. The molecule has 1 aliphatic rings. The Morgan fingerprint density at radius 3 is 2.63 bits per heavy atom. The van der Waals surface area contributed by atoms with Gasteiger partial charge in [-0.05, 0) is 63.4 Å². The molecule has 0 bridgehead atoms. The Hall–Kier alpha value is -3.60. The number of aromatic nitrogens is 3. The quantitative estimate of drug-likeness (QED) is 0.436. The van der Waals surface area contributed by atoms with Crippen LogP contribution in [0.15, 0.2) is 36.5 Å². The van der Waals surface area contributed by atoms with Crippen LogP contribution in [0.4, 0.5) is 10.5 Å². The molecule has 8 heteroatoms. The second kappa shape index (κ2) is 10.8. The van der Waals surface area contributed by atoms with Gasteiger partial charge in [-0.2, -0.15) is 5.26 Å². The number of rotatable bonds is 7. The van der Waals surface area contributed by atoms with Gasteiger partial charge >= 0.3 is 6.09 Å². The van der Waals surface area contributed by atoms with Gasteiger partial charge in [-0.1, -0.05) is 32.1 Å². The summed E-state index contributed by atoms with van der Waals surface area (Å²) in [4.78, 5) is 20.6. The van der Waals surface area contributed by atoms with Gasteiger partial charge in [0.05, 0.1) is 5.69 Å². The van der Waals surface area contributed by atoms with E-state index in [0.29, 0.717) is 18.0 Å². The number of fused-ring (bicyclic) bond motifs is 1. The van der Waals surface area contributed by atoms with Crippen molar-refractivity contribution < 1.29 is 14.3 Å². The summed E-state index contributed by atoms with van der Waals surface area (Å²) >= 11 is 0. The van der Waals surface area contributed by atoms with Crippen LogP contribution in [-0.2, 0) is 17.9 Å². The van der Waals surface area contributed by atoms with Crippen LogP contribution in [0, 0.1) is 17.2 Å². The van der Waals surface area contributed by atoms with Crippen LogP contribution in [0.3, 0.4) is 0 Å². The monoisotopic (exact) mass is 475 g/mol. The fourth-order valence-electron chi connectivity index (χ4n) is 4.52. The van der Waals surface area contributed by atoms with Crippen molar-refractivity contribution in [2.75, 3.05) is 5.32 Å². The van der Waals surface area contributed by atoms with E-state index in [0.717, 1.165) is 35.6 Å².